The molecule has 0 aliphatic rings. The van der Waals surface area contributed by atoms with Gasteiger partial charge in [0.1, 0.15) is 0 Å². The maximum Gasteiger partial charge on any atom is 0.221 e. The molecule has 1 aromatic rings. The molecule has 0 saturated heterocycles. The summed E-state index contributed by atoms with van der Waals surface area (Å²) in [6.07, 6.45) is 2.37. The van der Waals surface area contributed by atoms with Crippen LogP contribution in [0, 0.1) is 5.41 Å². The van der Waals surface area contributed by atoms with Crippen molar-refractivity contribution in [3.05, 3.63) is 24.3 Å². The Morgan fingerprint density at radius 3 is 2.26 bits per heavy atom. The molecule has 0 radical (unpaired) electrons. The van der Waals surface area contributed by atoms with Crippen molar-refractivity contribution in [3.63, 3.8) is 0 Å². The van der Waals surface area contributed by atoms with Crippen molar-refractivity contribution in [1.29, 1.82) is 0 Å². The molecule has 106 valence electrons. The van der Waals surface area contributed by atoms with Crippen LogP contribution in [-0.2, 0) is 4.79 Å². The number of nitrogens with one attached hydrogen (secondary N) is 1. The average Bonchev–Trinajstić information content (AvgIpc) is 2.42. The van der Waals surface area contributed by atoms with E-state index in [1.54, 1.807) is 0 Å². The van der Waals surface area contributed by atoms with Gasteiger partial charge >= 0.3 is 0 Å². The Morgan fingerprint density at radius 1 is 1.26 bits per heavy atom. The highest BCUT2D eigenvalue weighted by Crippen LogP contribution is 2.35. The molecule has 0 aliphatic heterocycles. The number of thioether (sulfide) groups is 1. The Kier molecular flexibility index (Phi) is 6.94. The average molecular weight is 344 g/mol. The summed E-state index contributed by atoms with van der Waals surface area (Å²) in [5, 5.41) is 3.83. The van der Waals surface area contributed by atoms with Gasteiger partial charge in [-0.15, -0.1) is 11.8 Å². The number of carbonyl (C=O) groups is 1. The molecule has 0 unspecified atom stereocenters. The number of benzene rings is 1. The van der Waals surface area contributed by atoms with Gasteiger partial charge in [0.05, 0.1) is 0 Å². The number of amides is 1. The fraction of sp³-hybridized carbons (Fsp3) is 0.533. The third-order valence-corrected chi connectivity index (χ3v) is 6.05. The molecule has 0 aliphatic carbocycles. The minimum Gasteiger partial charge on any atom is -0.326 e. The fourth-order valence-corrected chi connectivity index (χ4v) is 4.32. The highest BCUT2D eigenvalue weighted by atomic mass is 79.9. The van der Waals surface area contributed by atoms with Crippen LogP contribution in [0.2, 0.25) is 0 Å². The highest BCUT2D eigenvalue weighted by Gasteiger charge is 2.24. The third kappa shape index (κ3) is 5.19. The molecule has 1 N–H and O–H groups in total. The predicted octanol–water partition coefficient (Wildman–Crippen LogP) is 4.94. The lowest BCUT2D eigenvalue weighted by molar-refractivity contribution is -0.114. The normalized spacial score (nSPS) is 11.4. The highest BCUT2D eigenvalue weighted by molar-refractivity contribution is 9.09. The second-order valence-corrected chi connectivity index (χ2v) is 6.44. The largest absolute Gasteiger partial charge is 0.326 e. The number of carbonyl (C=O) groups excluding carboxylic acids is 1. The van der Waals surface area contributed by atoms with E-state index in [4.69, 9.17) is 0 Å². The van der Waals surface area contributed by atoms with E-state index in [0.29, 0.717) is 5.41 Å². The first-order chi connectivity index (χ1) is 9.05. The molecule has 1 aromatic carbocycles. The van der Waals surface area contributed by atoms with Gasteiger partial charge in [-0.3, -0.25) is 4.79 Å². The molecular weight excluding hydrogens is 322 g/mol. The van der Waals surface area contributed by atoms with Crippen LogP contribution < -0.4 is 5.32 Å². The standard InChI is InChI=1S/C15H22BrNOS/c1-4-15(5-2,10-16)11-19-14-8-6-13(7-9-14)17-12(3)18/h6-9H,4-5,10-11H2,1-3H3,(H,17,18). The number of hydrogen-bond donors (Lipinski definition) is 1. The van der Waals surface area contributed by atoms with Crippen LogP contribution >= 0.6 is 27.7 Å². The van der Waals surface area contributed by atoms with E-state index in [1.807, 2.05) is 23.9 Å². The SMILES string of the molecule is CCC(CC)(CBr)CSc1ccc(NC(C)=O)cc1. The predicted molar refractivity (Wildman–Crippen MR) is 88.3 cm³/mol. The van der Waals surface area contributed by atoms with Crippen molar-refractivity contribution in [2.45, 2.75) is 38.5 Å². The van der Waals surface area contributed by atoms with Crippen molar-refractivity contribution in [2.75, 3.05) is 16.4 Å². The molecule has 0 atom stereocenters. The molecule has 0 heterocycles. The fourth-order valence-electron chi connectivity index (χ4n) is 1.76. The van der Waals surface area contributed by atoms with Crippen molar-refractivity contribution in [2.24, 2.45) is 5.41 Å². The Labute approximate surface area is 128 Å². The number of alkyl halides is 1. The molecule has 0 saturated carbocycles. The van der Waals surface area contributed by atoms with E-state index in [-0.39, 0.29) is 5.91 Å². The van der Waals surface area contributed by atoms with Crippen LogP contribution in [0.5, 0.6) is 0 Å². The monoisotopic (exact) mass is 343 g/mol. The summed E-state index contributed by atoms with van der Waals surface area (Å²) in [5.41, 5.74) is 1.23. The van der Waals surface area contributed by atoms with E-state index in [2.05, 4.69) is 47.2 Å². The summed E-state index contributed by atoms with van der Waals surface area (Å²) >= 11 is 5.53. The minimum absolute atomic E-state index is 0.0318. The molecule has 2 nitrogen and oxygen atoms in total. The van der Waals surface area contributed by atoms with E-state index in [0.717, 1.165) is 16.8 Å². The van der Waals surface area contributed by atoms with Gasteiger partial charge in [0.25, 0.3) is 0 Å². The van der Waals surface area contributed by atoms with Gasteiger partial charge in [-0.25, -0.2) is 0 Å². The molecule has 0 bridgehead atoms. The summed E-state index contributed by atoms with van der Waals surface area (Å²) in [5.74, 6) is 1.08. The summed E-state index contributed by atoms with van der Waals surface area (Å²) in [6.45, 7) is 6.03. The van der Waals surface area contributed by atoms with E-state index in [1.165, 1.54) is 24.7 Å². The van der Waals surface area contributed by atoms with Gasteiger partial charge in [0.2, 0.25) is 5.91 Å². The van der Waals surface area contributed by atoms with Crippen molar-refractivity contribution in [1.82, 2.24) is 0 Å². The molecule has 4 heteroatoms. The number of hydrogen-bond acceptors (Lipinski definition) is 2. The molecule has 1 rings (SSSR count). The van der Waals surface area contributed by atoms with Crippen LogP contribution in [0.1, 0.15) is 33.6 Å². The lowest BCUT2D eigenvalue weighted by Crippen LogP contribution is -2.23. The van der Waals surface area contributed by atoms with Crippen molar-refractivity contribution < 1.29 is 4.79 Å². The molecular formula is C15H22BrNOS. The number of halogens is 1. The van der Waals surface area contributed by atoms with Crippen LogP contribution in [0.3, 0.4) is 0 Å². The smallest absolute Gasteiger partial charge is 0.221 e. The molecule has 0 fully saturated rings. The Balaban J connectivity index is 2.60. The Bertz CT molecular complexity index is 393. The number of anilines is 1. The Hall–Kier alpha value is -0.480. The zero-order valence-electron chi connectivity index (χ0n) is 11.8. The van der Waals surface area contributed by atoms with Crippen LogP contribution in [-0.4, -0.2) is 17.0 Å². The maximum absolute atomic E-state index is 11.0. The van der Waals surface area contributed by atoms with Gasteiger partial charge in [0.15, 0.2) is 0 Å². The first-order valence-electron chi connectivity index (χ1n) is 6.61. The summed E-state index contributed by atoms with van der Waals surface area (Å²) in [6, 6.07) is 8.05. The van der Waals surface area contributed by atoms with Gasteiger partial charge in [-0.2, -0.15) is 0 Å². The van der Waals surface area contributed by atoms with E-state index < -0.39 is 0 Å². The van der Waals surface area contributed by atoms with E-state index in [9.17, 15) is 4.79 Å². The van der Waals surface area contributed by atoms with E-state index >= 15 is 0 Å². The van der Waals surface area contributed by atoms with Crippen LogP contribution in [0.4, 0.5) is 5.69 Å². The van der Waals surface area contributed by atoms with Gasteiger partial charge in [-0.1, -0.05) is 29.8 Å². The van der Waals surface area contributed by atoms with Crippen molar-refractivity contribution in [3.8, 4) is 0 Å². The first kappa shape index (κ1) is 16.6. The first-order valence-corrected chi connectivity index (χ1v) is 8.72. The Morgan fingerprint density at radius 2 is 1.84 bits per heavy atom. The maximum atomic E-state index is 11.0. The molecule has 19 heavy (non-hydrogen) atoms. The van der Waals surface area contributed by atoms with Crippen molar-refractivity contribution >= 4 is 39.3 Å². The second kappa shape index (κ2) is 7.95. The van der Waals surface area contributed by atoms with Crippen LogP contribution in [0.25, 0.3) is 0 Å². The molecule has 0 aromatic heterocycles. The zero-order valence-corrected chi connectivity index (χ0v) is 14.2. The van der Waals surface area contributed by atoms with Gasteiger partial charge < -0.3 is 5.32 Å². The summed E-state index contributed by atoms with van der Waals surface area (Å²) in [4.78, 5) is 12.2. The molecule has 0 spiro atoms. The second-order valence-electron chi connectivity index (χ2n) is 4.83. The van der Waals surface area contributed by atoms with Crippen LogP contribution in [0.15, 0.2) is 29.2 Å². The topological polar surface area (TPSA) is 29.1 Å². The lowest BCUT2D eigenvalue weighted by atomic mass is 9.87. The van der Waals surface area contributed by atoms with Gasteiger partial charge in [0, 0.05) is 28.6 Å². The summed E-state index contributed by atoms with van der Waals surface area (Å²) in [7, 11) is 0. The quantitative estimate of drug-likeness (QED) is 0.561. The molecule has 1 amide bonds. The minimum atomic E-state index is -0.0318. The zero-order chi connectivity index (χ0) is 14.3. The third-order valence-electron chi connectivity index (χ3n) is 3.50. The lowest BCUT2D eigenvalue weighted by Gasteiger charge is -2.29. The van der Waals surface area contributed by atoms with Gasteiger partial charge in [-0.05, 0) is 42.5 Å². The summed E-state index contributed by atoms with van der Waals surface area (Å²) < 4.78 is 0. The number of rotatable bonds is 7.